The number of carbonyl (C=O) groups is 2. The molecule has 3 saturated carbocycles. The summed E-state index contributed by atoms with van der Waals surface area (Å²) >= 11 is 3.22. The highest BCUT2D eigenvalue weighted by Gasteiger charge is 2.38. The maximum Gasteiger partial charge on any atom is 0.348 e. The number of hydrogen-bond donors (Lipinski definition) is 1. The van der Waals surface area contributed by atoms with E-state index in [0.717, 1.165) is 61.4 Å². The summed E-state index contributed by atoms with van der Waals surface area (Å²) in [6, 6.07) is 2.68. The molecule has 2 heterocycles. The van der Waals surface area contributed by atoms with Gasteiger partial charge in [0.25, 0.3) is 0 Å². The van der Waals surface area contributed by atoms with Gasteiger partial charge in [-0.15, -0.1) is 11.3 Å². The van der Waals surface area contributed by atoms with Crippen molar-refractivity contribution in [1.29, 1.82) is 0 Å². The number of hydrogen-bond acceptors (Lipinski definition) is 5. The summed E-state index contributed by atoms with van der Waals surface area (Å²) in [7, 11) is 0. The first-order chi connectivity index (χ1) is 17.6. The molecule has 0 unspecified atom stereocenters. The van der Waals surface area contributed by atoms with Gasteiger partial charge in [-0.1, -0.05) is 39.5 Å². The number of anilines is 1. The van der Waals surface area contributed by atoms with E-state index in [9.17, 15) is 14.7 Å². The van der Waals surface area contributed by atoms with Gasteiger partial charge >= 0.3 is 5.97 Å². The van der Waals surface area contributed by atoms with Gasteiger partial charge in [0.05, 0.1) is 5.69 Å². The van der Waals surface area contributed by atoms with Gasteiger partial charge < -0.3 is 14.6 Å². The Balaban J connectivity index is 1.38. The molecule has 1 N–H and O–H groups in total. The van der Waals surface area contributed by atoms with Gasteiger partial charge in [-0.05, 0) is 81.6 Å². The van der Waals surface area contributed by atoms with Crippen LogP contribution in [0, 0.1) is 11.8 Å². The topological polar surface area (TPSA) is 75.4 Å². The first kappa shape index (κ1) is 26.8. The molecule has 6 nitrogen and oxygen atoms in total. The lowest BCUT2D eigenvalue weighted by Crippen LogP contribution is -2.46. The smallest absolute Gasteiger partial charge is 0.348 e. The molecular weight excluding hydrogens is 502 g/mol. The van der Waals surface area contributed by atoms with Gasteiger partial charge in [-0.25, -0.2) is 9.78 Å². The third-order valence-electron chi connectivity index (χ3n) is 8.36. The van der Waals surface area contributed by atoms with Gasteiger partial charge in [-0.3, -0.25) is 4.79 Å². The highest BCUT2D eigenvalue weighted by molar-refractivity contribution is 7.99. The summed E-state index contributed by atoms with van der Waals surface area (Å²) in [4.78, 5) is 34.4. The van der Waals surface area contributed by atoms with Gasteiger partial charge in [0.1, 0.15) is 4.88 Å². The second-order valence-electron chi connectivity index (χ2n) is 12.4. The molecule has 0 radical (unpaired) electrons. The SMILES string of the molecule is CC(C)(C)c1cc(N(C(=O)[C@H]2CC[C@H](C)CC2)[C@H]2CC[C@H](Sc3nccn3C3CC3)CC2)c(C(=O)O)s1. The van der Waals surface area contributed by atoms with Crippen LogP contribution in [0.1, 0.15) is 112 Å². The van der Waals surface area contributed by atoms with Gasteiger partial charge in [0.2, 0.25) is 5.91 Å². The molecule has 3 aliphatic rings. The van der Waals surface area contributed by atoms with E-state index in [4.69, 9.17) is 0 Å². The number of aromatic nitrogens is 2. The third-order valence-corrected chi connectivity index (χ3v) is 11.2. The minimum Gasteiger partial charge on any atom is -0.477 e. The molecule has 2 aromatic rings. The van der Waals surface area contributed by atoms with Crippen LogP contribution in [0.3, 0.4) is 0 Å². The standard InChI is InChI=1S/C29H41N3O3S2/c1-18-5-7-19(8-6-18)26(33)32(23-17-24(29(2,3)4)37-25(23)27(34)35)21-11-13-22(14-12-21)36-28-30-15-16-31(28)20-9-10-20/h15-22H,5-14H2,1-4H3,(H,34,35)/t18-,19-,21-,22-. The van der Waals surface area contributed by atoms with Crippen molar-refractivity contribution < 1.29 is 14.7 Å². The van der Waals surface area contributed by atoms with E-state index in [1.807, 2.05) is 28.9 Å². The molecule has 0 spiro atoms. The zero-order valence-electron chi connectivity index (χ0n) is 22.6. The van der Waals surface area contributed by atoms with Crippen LogP contribution in [0.15, 0.2) is 23.6 Å². The average Bonchev–Trinajstić information content (AvgIpc) is 3.41. The molecular formula is C29H41N3O3S2. The monoisotopic (exact) mass is 543 g/mol. The number of rotatable bonds is 7. The van der Waals surface area contributed by atoms with Crippen LogP contribution in [0.2, 0.25) is 0 Å². The van der Waals surface area contributed by atoms with Crippen LogP contribution in [-0.2, 0) is 10.2 Å². The van der Waals surface area contributed by atoms with Crippen LogP contribution in [0.5, 0.6) is 0 Å². The Bertz CT molecular complexity index is 1110. The van der Waals surface area contributed by atoms with Crippen molar-refractivity contribution in [2.45, 2.75) is 120 Å². The molecule has 202 valence electrons. The van der Waals surface area contributed by atoms with Crippen LogP contribution in [0.25, 0.3) is 0 Å². The Morgan fingerprint density at radius 3 is 2.32 bits per heavy atom. The molecule has 0 aliphatic heterocycles. The van der Waals surface area contributed by atoms with E-state index in [1.54, 1.807) is 0 Å². The van der Waals surface area contributed by atoms with Gasteiger partial charge in [-0.2, -0.15) is 0 Å². The summed E-state index contributed by atoms with van der Waals surface area (Å²) in [5, 5.41) is 11.7. The van der Waals surface area contributed by atoms with Crippen LogP contribution in [-0.4, -0.2) is 37.8 Å². The lowest BCUT2D eigenvalue weighted by molar-refractivity contribution is -0.124. The molecule has 5 rings (SSSR count). The van der Waals surface area contributed by atoms with E-state index in [1.165, 1.54) is 24.2 Å². The highest BCUT2D eigenvalue weighted by Crippen LogP contribution is 2.44. The maximum atomic E-state index is 14.1. The molecule has 3 aliphatic carbocycles. The zero-order valence-corrected chi connectivity index (χ0v) is 24.2. The Morgan fingerprint density at radius 2 is 1.73 bits per heavy atom. The van der Waals surface area contributed by atoms with Crippen LogP contribution >= 0.6 is 23.1 Å². The molecule has 3 fully saturated rings. The fourth-order valence-electron chi connectivity index (χ4n) is 5.87. The zero-order chi connectivity index (χ0) is 26.3. The number of carbonyl (C=O) groups excluding carboxylic acids is 1. The fraction of sp³-hybridized carbons (Fsp3) is 0.690. The minimum atomic E-state index is -0.929. The quantitative estimate of drug-likeness (QED) is 0.390. The van der Waals surface area contributed by atoms with E-state index in [2.05, 4.69) is 43.4 Å². The predicted molar refractivity (Wildman–Crippen MR) is 151 cm³/mol. The molecule has 2 aromatic heterocycles. The lowest BCUT2D eigenvalue weighted by Gasteiger charge is -2.39. The number of nitrogens with zero attached hydrogens (tertiary/aromatic N) is 3. The summed E-state index contributed by atoms with van der Waals surface area (Å²) in [6.45, 7) is 8.59. The first-order valence-corrected chi connectivity index (χ1v) is 15.7. The van der Waals surface area contributed by atoms with Gasteiger partial charge in [0.15, 0.2) is 5.16 Å². The maximum absolute atomic E-state index is 14.1. The summed E-state index contributed by atoms with van der Waals surface area (Å²) in [5.74, 6) is -0.125. The molecule has 0 bridgehead atoms. The Morgan fingerprint density at radius 1 is 1.05 bits per heavy atom. The van der Waals surface area contributed by atoms with E-state index >= 15 is 0 Å². The minimum absolute atomic E-state index is 0.00560. The van der Waals surface area contributed by atoms with Crippen molar-refractivity contribution in [3.63, 3.8) is 0 Å². The average molecular weight is 544 g/mol. The van der Waals surface area contributed by atoms with Crippen molar-refractivity contribution >= 4 is 40.7 Å². The summed E-state index contributed by atoms with van der Waals surface area (Å²) in [5.41, 5.74) is 0.464. The number of thiophene rings is 1. The Labute approximate surface area is 229 Å². The van der Waals surface area contributed by atoms with Crippen molar-refractivity contribution in [3.05, 3.63) is 28.2 Å². The Kier molecular flexibility index (Phi) is 7.79. The molecule has 0 saturated heterocycles. The first-order valence-electron chi connectivity index (χ1n) is 14.0. The second-order valence-corrected chi connectivity index (χ2v) is 14.8. The molecule has 0 atom stereocenters. The number of aromatic carboxylic acids is 1. The molecule has 1 amide bonds. The lowest BCUT2D eigenvalue weighted by atomic mass is 9.81. The van der Waals surface area contributed by atoms with E-state index in [0.29, 0.717) is 27.8 Å². The molecule has 37 heavy (non-hydrogen) atoms. The normalized spacial score (nSPS) is 26.7. The van der Waals surface area contributed by atoms with E-state index in [-0.39, 0.29) is 23.3 Å². The van der Waals surface area contributed by atoms with Crippen molar-refractivity contribution in [2.75, 3.05) is 4.90 Å². The number of imidazole rings is 1. The number of carboxylic acid groups (broad SMARTS) is 1. The van der Waals surface area contributed by atoms with Gasteiger partial charge in [0, 0.05) is 40.5 Å². The van der Waals surface area contributed by atoms with Crippen LogP contribution < -0.4 is 4.90 Å². The fourth-order valence-corrected chi connectivity index (χ4v) is 8.18. The predicted octanol–water partition coefficient (Wildman–Crippen LogP) is 7.54. The number of amides is 1. The number of carboxylic acids is 1. The Hall–Kier alpha value is -1.80. The molecule has 8 heteroatoms. The largest absolute Gasteiger partial charge is 0.477 e. The molecule has 0 aromatic carbocycles. The van der Waals surface area contributed by atoms with Crippen molar-refractivity contribution in [2.24, 2.45) is 11.8 Å². The summed E-state index contributed by atoms with van der Waals surface area (Å²) < 4.78 is 2.33. The van der Waals surface area contributed by atoms with E-state index < -0.39 is 5.97 Å². The number of thioether (sulfide) groups is 1. The third kappa shape index (κ3) is 5.95. The van der Waals surface area contributed by atoms with Crippen molar-refractivity contribution in [1.82, 2.24) is 9.55 Å². The second kappa shape index (κ2) is 10.8. The van der Waals surface area contributed by atoms with Crippen molar-refractivity contribution in [3.8, 4) is 0 Å². The van der Waals surface area contributed by atoms with Crippen LogP contribution in [0.4, 0.5) is 5.69 Å². The summed E-state index contributed by atoms with van der Waals surface area (Å²) in [6.07, 6.45) is 14.3. The highest BCUT2D eigenvalue weighted by atomic mass is 32.2.